The smallest absolute Gasteiger partial charge is 0.222 e. The SMILES string of the molecule is CCCC(C)CC(=O)N(C)CCCC1CC(c2ccc(F)cc2)NN1. The number of hydrogen-bond acceptors (Lipinski definition) is 3. The minimum absolute atomic E-state index is 0.202. The molecule has 1 aliphatic heterocycles. The first kappa shape index (κ1) is 19.9. The van der Waals surface area contributed by atoms with Crippen LogP contribution in [0, 0.1) is 11.7 Å². The van der Waals surface area contributed by atoms with E-state index in [1.54, 1.807) is 0 Å². The predicted octanol–water partition coefficient (Wildman–Crippen LogP) is 3.80. The lowest BCUT2D eigenvalue weighted by Gasteiger charge is -2.20. The van der Waals surface area contributed by atoms with E-state index in [9.17, 15) is 9.18 Å². The zero-order chi connectivity index (χ0) is 18.2. The number of halogens is 1. The zero-order valence-electron chi connectivity index (χ0n) is 15.7. The summed E-state index contributed by atoms with van der Waals surface area (Å²) in [5.74, 6) is 0.520. The molecule has 1 saturated heterocycles. The fourth-order valence-corrected chi connectivity index (χ4v) is 3.47. The second-order valence-electron chi connectivity index (χ2n) is 7.38. The third kappa shape index (κ3) is 6.40. The fraction of sp³-hybridized carbons (Fsp3) is 0.650. The number of hydrogen-bond donors (Lipinski definition) is 2. The fourth-order valence-electron chi connectivity index (χ4n) is 3.47. The van der Waals surface area contributed by atoms with E-state index in [1.807, 2.05) is 24.1 Å². The number of benzene rings is 1. The summed E-state index contributed by atoms with van der Waals surface area (Å²) >= 11 is 0. The van der Waals surface area contributed by atoms with E-state index in [4.69, 9.17) is 0 Å². The normalized spacial score (nSPS) is 21.3. The van der Waals surface area contributed by atoms with Crippen molar-refractivity contribution in [2.24, 2.45) is 5.92 Å². The molecule has 25 heavy (non-hydrogen) atoms. The average molecular weight is 349 g/mol. The standard InChI is InChI=1S/C20H32FN3O/c1-4-6-15(2)13-20(25)24(3)12-5-7-18-14-19(23-22-18)16-8-10-17(21)11-9-16/h8-11,15,18-19,22-23H,4-7,12-14H2,1-3H3. The van der Waals surface area contributed by atoms with Crippen LogP contribution in [0.4, 0.5) is 4.39 Å². The van der Waals surface area contributed by atoms with E-state index < -0.39 is 0 Å². The van der Waals surface area contributed by atoms with E-state index in [1.165, 1.54) is 12.1 Å². The van der Waals surface area contributed by atoms with Crippen molar-refractivity contribution in [3.8, 4) is 0 Å². The van der Waals surface area contributed by atoms with Gasteiger partial charge in [-0.1, -0.05) is 38.8 Å². The van der Waals surface area contributed by atoms with Gasteiger partial charge < -0.3 is 4.90 Å². The summed E-state index contributed by atoms with van der Waals surface area (Å²) in [6.45, 7) is 5.11. The first-order valence-electron chi connectivity index (χ1n) is 9.50. The first-order chi connectivity index (χ1) is 12.0. The minimum atomic E-state index is -0.202. The summed E-state index contributed by atoms with van der Waals surface area (Å²) < 4.78 is 13.0. The monoisotopic (exact) mass is 349 g/mol. The maximum Gasteiger partial charge on any atom is 0.222 e. The highest BCUT2D eigenvalue weighted by Gasteiger charge is 2.24. The Morgan fingerprint density at radius 2 is 2.04 bits per heavy atom. The van der Waals surface area contributed by atoms with Crippen molar-refractivity contribution >= 4 is 5.91 Å². The van der Waals surface area contributed by atoms with Crippen LogP contribution in [0.1, 0.15) is 64.0 Å². The van der Waals surface area contributed by atoms with Crippen LogP contribution in [0.25, 0.3) is 0 Å². The highest BCUT2D eigenvalue weighted by molar-refractivity contribution is 5.76. The summed E-state index contributed by atoms with van der Waals surface area (Å²) in [7, 11) is 1.91. The quantitative estimate of drug-likeness (QED) is 0.713. The summed E-state index contributed by atoms with van der Waals surface area (Å²) in [5, 5.41) is 0. The van der Waals surface area contributed by atoms with E-state index in [-0.39, 0.29) is 17.8 Å². The average Bonchev–Trinajstić information content (AvgIpc) is 3.04. The van der Waals surface area contributed by atoms with Crippen LogP contribution in [-0.4, -0.2) is 30.4 Å². The molecule has 1 aliphatic rings. The lowest BCUT2D eigenvalue weighted by atomic mass is 9.99. The summed E-state index contributed by atoms with van der Waals surface area (Å²) in [4.78, 5) is 14.1. The van der Waals surface area contributed by atoms with Crippen LogP contribution < -0.4 is 10.9 Å². The van der Waals surface area contributed by atoms with Crippen molar-refractivity contribution in [2.45, 2.75) is 64.5 Å². The summed E-state index contributed by atoms with van der Waals surface area (Å²) in [5.41, 5.74) is 7.72. The van der Waals surface area contributed by atoms with Crippen LogP contribution in [-0.2, 0) is 4.79 Å². The molecule has 140 valence electrons. The number of amides is 1. The van der Waals surface area contributed by atoms with Gasteiger partial charge in [0.1, 0.15) is 5.82 Å². The Morgan fingerprint density at radius 3 is 2.72 bits per heavy atom. The van der Waals surface area contributed by atoms with Crippen LogP contribution in [0.2, 0.25) is 0 Å². The molecule has 0 bridgehead atoms. The largest absolute Gasteiger partial charge is 0.346 e. The van der Waals surface area contributed by atoms with Crippen molar-refractivity contribution in [3.63, 3.8) is 0 Å². The molecule has 0 aliphatic carbocycles. The Morgan fingerprint density at radius 1 is 1.32 bits per heavy atom. The minimum Gasteiger partial charge on any atom is -0.346 e. The van der Waals surface area contributed by atoms with Gasteiger partial charge in [-0.05, 0) is 42.9 Å². The van der Waals surface area contributed by atoms with Crippen molar-refractivity contribution < 1.29 is 9.18 Å². The van der Waals surface area contributed by atoms with E-state index in [0.717, 1.165) is 44.2 Å². The van der Waals surface area contributed by atoms with E-state index >= 15 is 0 Å². The molecular weight excluding hydrogens is 317 g/mol. The number of hydrazine groups is 1. The van der Waals surface area contributed by atoms with Gasteiger partial charge >= 0.3 is 0 Å². The molecule has 0 radical (unpaired) electrons. The third-order valence-electron chi connectivity index (χ3n) is 5.03. The van der Waals surface area contributed by atoms with Crippen LogP contribution in [0.5, 0.6) is 0 Å². The third-order valence-corrected chi connectivity index (χ3v) is 5.03. The van der Waals surface area contributed by atoms with E-state index in [0.29, 0.717) is 18.4 Å². The maximum absolute atomic E-state index is 13.0. The van der Waals surface area contributed by atoms with Gasteiger partial charge in [0.15, 0.2) is 0 Å². The molecule has 5 heteroatoms. The predicted molar refractivity (Wildman–Crippen MR) is 99.4 cm³/mol. The Hall–Kier alpha value is -1.46. The number of carbonyl (C=O) groups excluding carboxylic acids is 1. The van der Waals surface area contributed by atoms with Crippen molar-refractivity contribution in [3.05, 3.63) is 35.6 Å². The molecule has 4 nitrogen and oxygen atoms in total. The van der Waals surface area contributed by atoms with Crippen LogP contribution >= 0.6 is 0 Å². The number of nitrogens with zero attached hydrogens (tertiary/aromatic N) is 1. The zero-order valence-corrected chi connectivity index (χ0v) is 15.7. The molecule has 1 aromatic carbocycles. The van der Waals surface area contributed by atoms with Gasteiger partial charge in [-0.25, -0.2) is 4.39 Å². The Bertz CT molecular complexity index is 534. The molecule has 0 aromatic heterocycles. The molecule has 2 rings (SSSR count). The number of rotatable bonds is 9. The molecule has 1 fully saturated rings. The van der Waals surface area contributed by atoms with Crippen LogP contribution in [0.3, 0.4) is 0 Å². The van der Waals surface area contributed by atoms with Gasteiger partial charge in [-0.3, -0.25) is 15.6 Å². The Labute approximate surface area is 151 Å². The molecule has 3 unspecified atom stereocenters. The maximum atomic E-state index is 13.0. The first-order valence-corrected chi connectivity index (χ1v) is 9.50. The second-order valence-corrected chi connectivity index (χ2v) is 7.38. The molecule has 2 N–H and O–H groups in total. The van der Waals surface area contributed by atoms with Crippen molar-refractivity contribution in [2.75, 3.05) is 13.6 Å². The molecule has 3 atom stereocenters. The van der Waals surface area contributed by atoms with Gasteiger partial charge in [0.25, 0.3) is 0 Å². The lowest BCUT2D eigenvalue weighted by Crippen LogP contribution is -2.33. The Kier molecular flexibility index (Phi) is 7.85. The van der Waals surface area contributed by atoms with Gasteiger partial charge in [0, 0.05) is 32.1 Å². The van der Waals surface area contributed by atoms with Gasteiger partial charge in [0.2, 0.25) is 5.91 Å². The lowest BCUT2D eigenvalue weighted by molar-refractivity contribution is -0.130. The topological polar surface area (TPSA) is 44.4 Å². The van der Waals surface area contributed by atoms with Gasteiger partial charge in [-0.2, -0.15) is 0 Å². The summed E-state index contributed by atoms with van der Waals surface area (Å²) in [6.07, 6.45) is 5.89. The van der Waals surface area contributed by atoms with E-state index in [2.05, 4.69) is 24.7 Å². The number of nitrogens with one attached hydrogen (secondary N) is 2. The highest BCUT2D eigenvalue weighted by Crippen LogP contribution is 2.24. The van der Waals surface area contributed by atoms with Gasteiger partial charge in [-0.15, -0.1) is 0 Å². The molecule has 0 saturated carbocycles. The van der Waals surface area contributed by atoms with Gasteiger partial charge in [0.05, 0.1) is 0 Å². The summed E-state index contributed by atoms with van der Waals surface area (Å²) in [6, 6.07) is 7.29. The molecule has 1 aromatic rings. The number of carbonyl (C=O) groups is 1. The molecule has 1 heterocycles. The molecule has 1 amide bonds. The van der Waals surface area contributed by atoms with Crippen LogP contribution in [0.15, 0.2) is 24.3 Å². The second kappa shape index (κ2) is 9.88. The molecular formula is C20H32FN3O. The van der Waals surface area contributed by atoms with Crippen molar-refractivity contribution in [1.29, 1.82) is 0 Å². The highest BCUT2D eigenvalue weighted by atomic mass is 19.1. The molecule has 0 spiro atoms. The van der Waals surface area contributed by atoms with Crippen molar-refractivity contribution in [1.82, 2.24) is 15.8 Å². The Balaban J connectivity index is 1.67.